The molecule has 1 fully saturated rings. The summed E-state index contributed by atoms with van der Waals surface area (Å²) >= 11 is 5.95. The number of carbonyl (C=O) groups is 1. The Morgan fingerprint density at radius 3 is 2.64 bits per heavy atom. The number of likely N-dealkylation sites (tertiary alicyclic amines) is 1. The number of amides is 1. The zero-order chi connectivity index (χ0) is 19.7. The van der Waals surface area contributed by atoms with Gasteiger partial charge in [0.15, 0.2) is 5.69 Å². The van der Waals surface area contributed by atoms with Crippen LogP contribution in [-0.4, -0.2) is 50.5 Å². The van der Waals surface area contributed by atoms with Crippen LogP contribution in [0.3, 0.4) is 0 Å². The molecule has 7 nitrogen and oxygen atoms in total. The maximum absolute atomic E-state index is 12.6. The van der Waals surface area contributed by atoms with Crippen molar-refractivity contribution in [3.63, 3.8) is 0 Å². The average molecular weight is 399 g/mol. The van der Waals surface area contributed by atoms with Gasteiger partial charge in [0.2, 0.25) is 0 Å². The van der Waals surface area contributed by atoms with Gasteiger partial charge in [-0.15, -0.1) is 0 Å². The maximum Gasteiger partial charge on any atom is 0.276 e. The number of aryl methyl sites for hydroxylation is 1. The van der Waals surface area contributed by atoms with E-state index in [0.29, 0.717) is 22.4 Å². The Balaban J connectivity index is 1.46. The van der Waals surface area contributed by atoms with Crippen LogP contribution in [0, 0.1) is 6.92 Å². The van der Waals surface area contributed by atoms with E-state index in [1.165, 1.54) is 0 Å². The summed E-state index contributed by atoms with van der Waals surface area (Å²) < 4.78 is 3.69. The first kappa shape index (κ1) is 18.7. The Bertz CT molecular complexity index is 969. The van der Waals surface area contributed by atoms with Crippen molar-refractivity contribution in [2.45, 2.75) is 25.8 Å². The zero-order valence-electron chi connectivity index (χ0n) is 16.0. The summed E-state index contributed by atoms with van der Waals surface area (Å²) in [5.74, 6) is -0.251. The molecule has 0 spiro atoms. The van der Waals surface area contributed by atoms with Crippen LogP contribution < -0.4 is 5.32 Å². The highest BCUT2D eigenvalue weighted by Gasteiger charge is 2.20. The topological polar surface area (TPSA) is 68.0 Å². The lowest BCUT2D eigenvalue weighted by molar-refractivity contribution is 0.102. The standard InChI is InChI=1S/C20H23ClN6O/c1-14-11-19(24-27(14)18-5-3-15(21)4-6-18)20(28)23-16-12-22-26(13-16)17-7-9-25(2)10-8-17/h3-6,11-13,17H,7-10H2,1-2H3,(H,23,28). The molecule has 0 radical (unpaired) electrons. The van der Waals surface area contributed by atoms with Crippen LogP contribution in [0.25, 0.3) is 5.69 Å². The van der Waals surface area contributed by atoms with Gasteiger partial charge >= 0.3 is 0 Å². The minimum absolute atomic E-state index is 0.251. The van der Waals surface area contributed by atoms with Crippen molar-refractivity contribution < 1.29 is 4.79 Å². The van der Waals surface area contributed by atoms with E-state index in [2.05, 4.69) is 27.5 Å². The fourth-order valence-electron chi connectivity index (χ4n) is 3.49. The van der Waals surface area contributed by atoms with Gasteiger partial charge in [-0.25, -0.2) is 4.68 Å². The molecule has 1 aliphatic heterocycles. The average Bonchev–Trinajstić information content (AvgIpc) is 3.30. The molecule has 3 heterocycles. The van der Waals surface area contributed by atoms with E-state index in [4.69, 9.17) is 11.6 Å². The summed E-state index contributed by atoms with van der Waals surface area (Å²) in [5, 5.41) is 12.4. The van der Waals surface area contributed by atoms with E-state index < -0.39 is 0 Å². The van der Waals surface area contributed by atoms with Crippen LogP contribution in [0.4, 0.5) is 5.69 Å². The number of anilines is 1. The highest BCUT2D eigenvalue weighted by atomic mass is 35.5. The predicted octanol–water partition coefficient (Wildman–Crippen LogP) is 3.55. The van der Waals surface area contributed by atoms with Crippen LogP contribution in [0.5, 0.6) is 0 Å². The number of benzene rings is 1. The molecular weight excluding hydrogens is 376 g/mol. The van der Waals surface area contributed by atoms with Gasteiger partial charge in [-0.3, -0.25) is 9.48 Å². The third-order valence-electron chi connectivity index (χ3n) is 5.11. The number of nitrogens with zero attached hydrogens (tertiary/aromatic N) is 5. The normalized spacial score (nSPS) is 15.7. The Kier molecular flexibility index (Phi) is 5.19. The molecule has 1 saturated heterocycles. The molecule has 3 aromatic rings. The highest BCUT2D eigenvalue weighted by Crippen LogP contribution is 2.22. The van der Waals surface area contributed by atoms with E-state index in [9.17, 15) is 4.79 Å². The molecule has 4 rings (SSSR count). The summed E-state index contributed by atoms with van der Waals surface area (Å²) in [6.45, 7) is 4.04. The van der Waals surface area contributed by atoms with Crippen LogP contribution in [0.1, 0.15) is 35.1 Å². The molecule has 1 N–H and O–H groups in total. The molecule has 0 saturated carbocycles. The fraction of sp³-hybridized carbons (Fsp3) is 0.350. The third-order valence-corrected chi connectivity index (χ3v) is 5.36. The third kappa shape index (κ3) is 3.95. The van der Waals surface area contributed by atoms with E-state index in [0.717, 1.165) is 37.3 Å². The lowest BCUT2D eigenvalue weighted by atomic mass is 10.1. The van der Waals surface area contributed by atoms with Gasteiger partial charge in [0.05, 0.1) is 23.6 Å². The number of piperidine rings is 1. The molecule has 0 aliphatic carbocycles. The number of hydrogen-bond acceptors (Lipinski definition) is 4. The Labute approximate surface area is 168 Å². The lowest BCUT2D eigenvalue weighted by Crippen LogP contribution is -2.31. The van der Waals surface area contributed by atoms with E-state index >= 15 is 0 Å². The molecule has 2 aromatic heterocycles. The molecule has 1 aliphatic rings. The molecule has 28 heavy (non-hydrogen) atoms. The van der Waals surface area contributed by atoms with Gasteiger partial charge < -0.3 is 10.2 Å². The summed E-state index contributed by atoms with van der Waals surface area (Å²) in [5.41, 5.74) is 2.77. The van der Waals surface area contributed by atoms with Crippen LogP contribution in [0.2, 0.25) is 5.02 Å². The van der Waals surface area contributed by atoms with Crippen LogP contribution in [0.15, 0.2) is 42.7 Å². The minimum atomic E-state index is -0.251. The second-order valence-corrected chi connectivity index (χ2v) is 7.69. The van der Waals surface area contributed by atoms with Crippen LogP contribution >= 0.6 is 11.6 Å². The molecule has 146 valence electrons. The summed E-state index contributed by atoms with van der Waals surface area (Å²) in [7, 11) is 2.14. The smallest absolute Gasteiger partial charge is 0.276 e. The molecule has 1 amide bonds. The maximum atomic E-state index is 12.6. The molecule has 0 atom stereocenters. The second-order valence-electron chi connectivity index (χ2n) is 7.26. The first-order valence-corrected chi connectivity index (χ1v) is 9.74. The number of halogens is 1. The summed E-state index contributed by atoms with van der Waals surface area (Å²) in [6, 6.07) is 9.49. The van der Waals surface area contributed by atoms with Gasteiger partial charge in [-0.1, -0.05) is 11.6 Å². The number of hydrogen-bond donors (Lipinski definition) is 1. The van der Waals surface area contributed by atoms with E-state index in [-0.39, 0.29) is 5.91 Å². The van der Waals surface area contributed by atoms with Crippen molar-refractivity contribution >= 4 is 23.2 Å². The monoisotopic (exact) mass is 398 g/mol. The fourth-order valence-corrected chi connectivity index (χ4v) is 3.61. The number of nitrogens with one attached hydrogen (secondary N) is 1. The Morgan fingerprint density at radius 1 is 1.21 bits per heavy atom. The largest absolute Gasteiger partial charge is 0.318 e. The summed E-state index contributed by atoms with van der Waals surface area (Å²) in [6.07, 6.45) is 5.72. The quantitative estimate of drug-likeness (QED) is 0.729. The van der Waals surface area contributed by atoms with Gasteiger partial charge in [-0.05, 0) is 70.2 Å². The molecule has 0 unspecified atom stereocenters. The molecule has 1 aromatic carbocycles. The Morgan fingerprint density at radius 2 is 1.93 bits per heavy atom. The predicted molar refractivity (Wildman–Crippen MR) is 109 cm³/mol. The van der Waals surface area contributed by atoms with Gasteiger partial charge in [0.1, 0.15) is 0 Å². The zero-order valence-corrected chi connectivity index (χ0v) is 16.7. The van der Waals surface area contributed by atoms with Crippen molar-refractivity contribution in [2.75, 3.05) is 25.5 Å². The lowest BCUT2D eigenvalue weighted by Gasteiger charge is -2.28. The van der Waals surface area contributed by atoms with E-state index in [1.807, 2.05) is 29.9 Å². The Hall–Kier alpha value is -2.64. The SMILES string of the molecule is Cc1cc(C(=O)Nc2cnn(C3CCN(C)CC3)c2)nn1-c1ccc(Cl)cc1. The van der Waals surface area contributed by atoms with Gasteiger partial charge in [0.25, 0.3) is 5.91 Å². The second kappa shape index (κ2) is 7.77. The minimum Gasteiger partial charge on any atom is -0.318 e. The highest BCUT2D eigenvalue weighted by molar-refractivity contribution is 6.30. The van der Waals surface area contributed by atoms with Crippen molar-refractivity contribution in [1.82, 2.24) is 24.5 Å². The van der Waals surface area contributed by atoms with Crippen LogP contribution in [-0.2, 0) is 0 Å². The molecule has 0 bridgehead atoms. The first-order valence-electron chi connectivity index (χ1n) is 9.36. The number of carbonyl (C=O) groups excluding carboxylic acids is 1. The van der Waals surface area contributed by atoms with E-state index in [1.54, 1.807) is 29.1 Å². The van der Waals surface area contributed by atoms with Gasteiger partial charge in [-0.2, -0.15) is 10.2 Å². The van der Waals surface area contributed by atoms with Crippen molar-refractivity contribution in [3.05, 3.63) is 59.1 Å². The summed E-state index contributed by atoms with van der Waals surface area (Å²) in [4.78, 5) is 15.0. The molecule has 8 heteroatoms. The van der Waals surface area contributed by atoms with Gasteiger partial charge in [0, 0.05) is 16.9 Å². The molecular formula is C20H23ClN6O. The number of rotatable bonds is 4. The van der Waals surface area contributed by atoms with Crippen molar-refractivity contribution in [1.29, 1.82) is 0 Å². The van der Waals surface area contributed by atoms with Crippen molar-refractivity contribution in [2.24, 2.45) is 0 Å². The first-order chi connectivity index (χ1) is 13.5. The number of aromatic nitrogens is 4. The van der Waals surface area contributed by atoms with Crippen molar-refractivity contribution in [3.8, 4) is 5.69 Å².